The van der Waals surface area contributed by atoms with Gasteiger partial charge in [0.1, 0.15) is 6.10 Å². The molecule has 2 saturated carbocycles. The zero-order valence-corrected chi connectivity index (χ0v) is 29.4. The number of piperidine rings is 1. The van der Waals surface area contributed by atoms with Crippen molar-refractivity contribution in [3.8, 4) is 11.5 Å². The van der Waals surface area contributed by atoms with E-state index in [0.29, 0.717) is 37.4 Å². The molecule has 274 valence electrons. The average molecular weight is 721 g/mol. The topological polar surface area (TPSA) is 73.2 Å². The first-order valence-corrected chi connectivity index (χ1v) is 18.8. The number of rotatable bonds is 9. The number of phenolic OH excluding ortho intramolecular Hbond substituents is 1. The summed E-state index contributed by atoms with van der Waals surface area (Å²) < 4.78 is 47.7. The fraction of sp³-hybridized carbons (Fsp3) is 0.386. The van der Waals surface area contributed by atoms with Gasteiger partial charge in [-0.25, -0.2) is 0 Å². The number of aliphatic hydroxyl groups is 1. The second-order valence-corrected chi connectivity index (χ2v) is 15.7. The minimum Gasteiger partial charge on any atom is -0.504 e. The van der Waals surface area contributed by atoms with Crippen molar-refractivity contribution in [3.05, 3.63) is 137 Å². The Balaban J connectivity index is 1.14. The first-order valence-electron chi connectivity index (χ1n) is 18.8. The van der Waals surface area contributed by atoms with Gasteiger partial charge in [-0.15, -0.1) is 0 Å². The number of hydrogen-bond donors (Lipinski definition) is 2. The molecule has 2 heterocycles. The summed E-state index contributed by atoms with van der Waals surface area (Å²) in [5.74, 6) is 0.506. The van der Waals surface area contributed by atoms with Crippen molar-refractivity contribution < 1.29 is 32.9 Å². The smallest absolute Gasteiger partial charge is 0.416 e. The Labute approximate surface area is 307 Å². The van der Waals surface area contributed by atoms with Gasteiger partial charge >= 0.3 is 6.18 Å². The summed E-state index contributed by atoms with van der Waals surface area (Å²) in [4.78, 5) is 19.1. The number of carbonyl (C=O) groups is 1. The lowest BCUT2D eigenvalue weighted by Crippen LogP contribution is -2.78. The third-order valence-electron chi connectivity index (χ3n) is 12.8. The van der Waals surface area contributed by atoms with E-state index in [4.69, 9.17) is 4.74 Å². The summed E-state index contributed by atoms with van der Waals surface area (Å²) in [6.07, 6.45) is 2.28. The SMILES string of the molecule is O=C(C=Cc1cccc(C(F)(F)F)c1)N(CC(c1ccccc1)c1ccccc1)C1CC[C@@]2(O)[C@H]3Cc4ccc(O)c5c4[C@@]2(CCN3CC2CC2)C1O5. The molecule has 9 rings (SSSR count). The molecule has 9 heteroatoms. The second kappa shape index (κ2) is 12.8. The standard InChI is InChI=1S/C44H43F3N2O4/c45-44(46,47)33-13-7-8-28(24-33)16-19-38(51)49(27-34(30-9-3-1-4-10-30)31-11-5-2-6-12-31)35-20-21-43(52)37-25-32-17-18-36(50)40-39(32)42(43,41(35)53-40)22-23-48(37)26-29-14-15-29/h1-13,16-19,24,29,34-35,37,41,50,52H,14-15,20-23,25-27H2/t35?,37-,41?,42+,43-/m1/s1. The molecule has 4 aromatic carbocycles. The molecule has 3 fully saturated rings. The number of carbonyl (C=O) groups excluding carboxylic acids is 1. The molecular formula is C44H43F3N2O4. The average Bonchev–Trinajstić information content (AvgIpc) is 3.91. The molecule has 5 aliphatic rings. The third kappa shape index (κ3) is 5.66. The highest BCUT2D eigenvalue weighted by atomic mass is 19.4. The van der Waals surface area contributed by atoms with Gasteiger partial charge in [0.05, 0.1) is 22.6 Å². The Kier molecular flexibility index (Phi) is 8.24. The minimum absolute atomic E-state index is 0.0289. The van der Waals surface area contributed by atoms with E-state index in [1.165, 1.54) is 31.1 Å². The largest absolute Gasteiger partial charge is 0.504 e. The molecule has 6 nitrogen and oxygen atoms in total. The van der Waals surface area contributed by atoms with Gasteiger partial charge in [-0.3, -0.25) is 9.69 Å². The summed E-state index contributed by atoms with van der Waals surface area (Å²) in [6.45, 7) is 2.01. The fourth-order valence-electron chi connectivity index (χ4n) is 10.2. The van der Waals surface area contributed by atoms with Crippen LogP contribution < -0.4 is 4.74 Å². The van der Waals surface area contributed by atoms with Crippen molar-refractivity contribution in [2.45, 2.75) is 79.8 Å². The summed E-state index contributed by atoms with van der Waals surface area (Å²) in [5.41, 5.74) is 1.50. The van der Waals surface area contributed by atoms with Crippen LogP contribution in [0.4, 0.5) is 13.2 Å². The van der Waals surface area contributed by atoms with Crippen LogP contribution >= 0.6 is 0 Å². The van der Waals surface area contributed by atoms with Crippen LogP contribution in [0, 0.1) is 5.92 Å². The van der Waals surface area contributed by atoms with Crippen LogP contribution in [0.15, 0.2) is 103 Å². The first-order chi connectivity index (χ1) is 25.6. The lowest BCUT2D eigenvalue weighted by atomic mass is 9.48. The van der Waals surface area contributed by atoms with Crippen LogP contribution in [0.25, 0.3) is 6.08 Å². The predicted octanol–water partition coefficient (Wildman–Crippen LogP) is 7.72. The number of hydrogen-bond acceptors (Lipinski definition) is 5. The predicted molar refractivity (Wildman–Crippen MR) is 195 cm³/mol. The van der Waals surface area contributed by atoms with Crippen LogP contribution in [0.3, 0.4) is 0 Å². The van der Waals surface area contributed by atoms with Crippen molar-refractivity contribution in [1.82, 2.24) is 9.80 Å². The molecule has 1 spiro atoms. The molecule has 4 aromatic rings. The number of halogens is 3. The minimum atomic E-state index is -4.51. The van der Waals surface area contributed by atoms with Gasteiger partial charge in [0.25, 0.3) is 0 Å². The molecule has 0 aromatic heterocycles. The quantitative estimate of drug-likeness (QED) is 0.173. The lowest BCUT2D eigenvalue weighted by molar-refractivity contribution is -0.201. The molecule has 53 heavy (non-hydrogen) atoms. The van der Waals surface area contributed by atoms with Gasteiger partial charge in [-0.1, -0.05) is 78.9 Å². The molecule has 2 aliphatic heterocycles. The number of alkyl halides is 3. The van der Waals surface area contributed by atoms with Crippen LogP contribution in [0.1, 0.15) is 71.4 Å². The summed E-state index contributed by atoms with van der Waals surface area (Å²) in [7, 11) is 0. The molecule has 3 aliphatic carbocycles. The van der Waals surface area contributed by atoms with Crippen molar-refractivity contribution >= 4 is 12.0 Å². The zero-order valence-electron chi connectivity index (χ0n) is 29.4. The van der Waals surface area contributed by atoms with E-state index < -0.39 is 34.9 Å². The van der Waals surface area contributed by atoms with Gasteiger partial charge in [0.15, 0.2) is 11.5 Å². The molecule has 2 N–H and O–H groups in total. The maximum atomic E-state index is 14.8. The number of nitrogens with zero attached hydrogens (tertiary/aromatic N) is 2. The zero-order chi connectivity index (χ0) is 36.5. The maximum Gasteiger partial charge on any atom is 0.416 e. The Morgan fingerprint density at radius 2 is 1.66 bits per heavy atom. The molecule has 5 atom stereocenters. The lowest BCUT2D eigenvalue weighted by Gasteiger charge is -2.65. The molecule has 2 bridgehead atoms. The number of amides is 1. The van der Waals surface area contributed by atoms with Crippen molar-refractivity contribution in [3.63, 3.8) is 0 Å². The molecule has 0 radical (unpaired) electrons. The Morgan fingerprint density at radius 3 is 2.34 bits per heavy atom. The number of ether oxygens (including phenoxy) is 1. The number of benzene rings is 4. The first kappa shape index (κ1) is 34.2. The highest BCUT2D eigenvalue weighted by Gasteiger charge is 2.73. The number of likely N-dealkylation sites (tertiary alicyclic amines) is 1. The van der Waals surface area contributed by atoms with E-state index in [9.17, 15) is 28.2 Å². The Morgan fingerprint density at radius 1 is 0.943 bits per heavy atom. The van der Waals surface area contributed by atoms with Gasteiger partial charge in [-0.2, -0.15) is 13.2 Å². The van der Waals surface area contributed by atoms with Crippen LogP contribution in [0.5, 0.6) is 11.5 Å². The van der Waals surface area contributed by atoms with Gasteiger partial charge in [0.2, 0.25) is 5.91 Å². The van der Waals surface area contributed by atoms with Gasteiger partial charge in [-0.05, 0) is 97.5 Å². The molecular weight excluding hydrogens is 677 g/mol. The van der Waals surface area contributed by atoms with Crippen molar-refractivity contribution in [2.75, 3.05) is 19.6 Å². The van der Waals surface area contributed by atoms with Crippen molar-refractivity contribution in [2.24, 2.45) is 5.92 Å². The second-order valence-electron chi connectivity index (χ2n) is 15.7. The van der Waals surface area contributed by atoms with Crippen LogP contribution in [-0.2, 0) is 22.8 Å². The highest BCUT2D eigenvalue weighted by Crippen LogP contribution is 2.66. The molecule has 1 saturated heterocycles. The highest BCUT2D eigenvalue weighted by molar-refractivity contribution is 5.92. The van der Waals surface area contributed by atoms with Crippen LogP contribution in [0.2, 0.25) is 0 Å². The number of phenols is 1. The van der Waals surface area contributed by atoms with E-state index in [0.717, 1.165) is 47.5 Å². The number of aromatic hydroxyl groups is 1. The Bertz CT molecular complexity index is 2010. The summed E-state index contributed by atoms with van der Waals surface area (Å²) >= 11 is 0. The van der Waals surface area contributed by atoms with Crippen molar-refractivity contribution in [1.29, 1.82) is 0 Å². The third-order valence-corrected chi connectivity index (χ3v) is 12.8. The fourth-order valence-corrected chi connectivity index (χ4v) is 10.2. The molecule has 1 amide bonds. The van der Waals surface area contributed by atoms with Gasteiger partial charge in [0, 0.05) is 36.7 Å². The monoisotopic (exact) mass is 720 g/mol. The summed E-state index contributed by atoms with van der Waals surface area (Å²) in [6, 6.07) is 28.0. The maximum absolute atomic E-state index is 14.8. The summed E-state index contributed by atoms with van der Waals surface area (Å²) in [5, 5.41) is 24.4. The van der Waals surface area contributed by atoms with E-state index in [-0.39, 0.29) is 35.7 Å². The van der Waals surface area contributed by atoms with E-state index >= 15 is 0 Å². The normalized spacial score (nSPS) is 27.5. The van der Waals surface area contributed by atoms with E-state index in [1.807, 2.05) is 71.6 Å². The van der Waals surface area contributed by atoms with E-state index in [2.05, 4.69) is 4.90 Å². The van der Waals surface area contributed by atoms with E-state index in [1.54, 1.807) is 12.1 Å². The van der Waals surface area contributed by atoms with Crippen LogP contribution in [-0.4, -0.2) is 69.3 Å². The Hall–Kier alpha value is -4.60. The molecule has 2 unspecified atom stereocenters. The van der Waals surface area contributed by atoms with Gasteiger partial charge < -0.3 is 19.8 Å².